The van der Waals surface area contributed by atoms with E-state index in [1.165, 1.54) is 0 Å². The van der Waals surface area contributed by atoms with Crippen molar-refractivity contribution >= 4 is 23.2 Å². The fourth-order valence-electron chi connectivity index (χ4n) is 3.21. The summed E-state index contributed by atoms with van der Waals surface area (Å²) in [5.41, 5.74) is 6.67. The van der Waals surface area contributed by atoms with Crippen molar-refractivity contribution < 1.29 is 9.59 Å². The normalized spacial score (nSPS) is 10.6. The van der Waals surface area contributed by atoms with Gasteiger partial charge in [0.1, 0.15) is 0 Å². The molecule has 2 aromatic carbocycles. The molecule has 0 aliphatic rings. The Labute approximate surface area is 170 Å². The van der Waals surface area contributed by atoms with E-state index in [1.54, 1.807) is 24.3 Å². The van der Waals surface area contributed by atoms with Gasteiger partial charge >= 0.3 is 0 Å². The monoisotopic (exact) mass is 390 g/mol. The van der Waals surface area contributed by atoms with Crippen LogP contribution in [0.4, 0.5) is 11.4 Å². The van der Waals surface area contributed by atoms with E-state index in [-0.39, 0.29) is 18.2 Å². The quantitative estimate of drug-likeness (QED) is 0.580. The van der Waals surface area contributed by atoms with Gasteiger partial charge in [0.15, 0.2) is 0 Å². The minimum Gasteiger partial charge on any atom is -0.325 e. The highest BCUT2D eigenvalue weighted by molar-refractivity contribution is 6.10. The van der Waals surface area contributed by atoms with Crippen LogP contribution >= 0.6 is 0 Å². The Morgan fingerprint density at radius 3 is 2.28 bits per heavy atom. The van der Waals surface area contributed by atoms with Crippen LogP contribution in [-0.2, 0) is 11.2 Å². The molecular weight excluding hydrogens is 364 g/mol. The molecule has 150 valence electrons. The standard InChI is InChI=1S/C23H26N4O2/c1-14-8-7-9-15(2)22(14)25-23(29)18-10-5-6-11-20(18)24-21(28)13-12-19-16(3)17(4)26-27-19/h5-11H,12-13H2,1-4H3,(H,24,28)(H,25,29)(H,26,27). The molecule has 3 aromatic rings. The van der Waals surface area contributed by atoms with Gasteiger partial charge in [-0.2, -0.15) is 5.10 Å². The number of hydrogen-bond acceptors (Lipinski definition) is 3. The van der Waals surface area contributed by atoms with E-state index in [0.717, 1.165) is 33.8 Å². The summed E-state index contributed by atoms with van der Waals surface area (Å²) < 4.78 is 0. The SMILES string of the molecule is Cc1cccc(C)c1NC(=O)c1ccccc1NC(=O)CCc1n[nH]c(C)c1C. The number of para-hydroxylation sites is 2. The third-order valence-corrected chi connectivity index (χ3v) is 5.11. The van der Waals surface area contributed by atoms with Gasteiger partial charge in [-0.25, -0.2) is 0 Å². The topological polar surface area (TPSA) is 86.9 Å². The summed E-state index contributed by atoms with van der Waals surface area (Å²) in [6.07, 6.45) is 0.830. The molecule has 0 atom stereocenters. The summed E-state index contributed by atoms with van der Waals surface area (Å²) in [6.45, 7) is 7.85. The first-order chi connectivity index (χ1) is 13.9. The number of hydrogen-bond donors (Lipinski definition) is 3. The molecule has 3 N–H and O–H groups in total. The van der Waals surface area contributed by atoms with Crippen LogP contribution < -0.4 is 10.6 Å². The number of aryl methyl sites for hydroxylation is 4. The second kappa shape index (κ2) is 8.73. The molecule has 0 saturated heterocycles. The van der Waals surface area contributed by atoms with E-state index in [2.05, 4.69) is 20.8 Å². The van der Waals surface area contributed by atoms with Gasteiger partial charge in [0.2, 0.25) is 5.91 Å². The number of benzene rings is 2. The molecule has 0 radical (unpaired) electrons. The maximum absolute atomic E-state index is 12.9. The molecule has 0 bridgehead atoms. The highest BCUT2D eigenvalue weighted by atomic mass is 16.2. The second-order valence-electron chi connectivity index (χ2n) is 7.23. The molecule has 0 unspecified atom stereocenters. The molecule has 6 heteroatoms. The van der Waals surface area contributed by atoms with Crippen molar-refractivity contribution in [3.8, 4) is 0 Å². The lowest BCUT2D eigenvalue weighted by Gasteiger charge is -2.14. The van der Waals surface area contributed by atoms with E-state index in [4.69, 9.17) is 0 Å². The molecule has 29 heavy (non-hydrogen) atoms. The summed E-state index contributed by atoms with van der Waals surface area (Å²) in [5, 5.41) is 13.0. The first kappa shape index (κ1) is 20.3. The fraction of sp³-hybridized carbons (Fsp3) is 0.261. The number of nitrogens with zero attached hydrogens (tertiary/aromatic N) is 1. The molecule has 0 spiro atoms. The zero-order chi connectivity index (χ0) is 21.0. The average molecular weight is 390 g/mol. The molecule has 6 nitrogen and oxygen atoms in total. The van der Waals surface area contributed by atoms with Crippen molar-refractivity contribution in [1.82, 2.24) is 10.2 Å². The van der Waals surface area contributed by atoms with Gasteiger partial charge in [-0.05, 0) is 56.5 Å². The number of aromatic amines is 1. The third kappa shape index (κ3) is 4.71. The highest BCUT2D eigenvalue weighted by Crippen LogP contribution is 2.23. The smallest absolute Gasteiger partial charge is 0.257 e. The second-order valence-corrected chi connectivity index (χ2v) is 7.23. The molecule has 1 aromatic heterocycles. The Morgan fingerprint density at radius 1 is 0.931 bits per heavy atom. The minimum atomic E-state index is -0.253. The molecule has 3 rings (SSSR count). The summed E-state index contributed by atoms with van der Waals surface area (Å²) in [5.74, 6) is -0.408. The van der Waals surface area contributed by atoms with Gasteiger partial charge in [0.25, 0.3) is 5.91 Å². The lowest BCUT2D eigenvalue weighted by Crippen LogP contribution is -2.19. The van der Waals surface area contributed by atoms with Gasteiger partial charge in [-0.15, -0.1) is 0 Å². The van der Waals surface area contributed by atoms with E-state index >= 15 is 0 Å². The molecule has 0 fully saturated rings. The van der Waals surface area contributed by atoms with Gasteiger partial charge < -0.3 is 10.6 Å². The van der Waals surface area contributed by atoms with Crippen LogP contribution in [0.1, 0.15) is 44.9 Å². The largest absolute Gasteiger partial charge is 0.325 e. The summed E-state index contributed by atoms with van der Waals surface area (Å²) in [6, 6.07) is 12.9. The van der Waals surface area contributed by atoms with E-state index in [1.807, 2.05) is 45.9 Å². The molecular formula is C23H26N4O2. The Balaban J connectivity index is 1.70. The van der Waals surface area contributed by atoms with Crippen LogP contribution in [0.15, 0.2) is 42.5 Å². The maximum Gasteiger partial charge on any atom is 0.257 e. The van der Waals surface area contributed by atoms with Crippen LogP contribution in [0.2, 0.25) is 0 Å². The Hall–Kier alpha value is -3.41. The number of carbonyl (C=O) groups is 2. The molecule has 0 aliphatic heterocycles. The van der Waals surface area contributed by atoms with Gasteiger partial charge in [0, 0.05) is 24.2 Å². The predicted octanol–water partition coefficient (Wildman–Crippen LogP) is 4.47. The van der Waals surface area contributed by atoms with Gasteiger partial charge in [-0.3, -0.25) is 14.7 Å². The highest BCUT2D eigenvalue weighted by Gasteiger charge is 2.16. The van der Waals surface area contributed by atoms with Crippen molar-refractivity contribution in [2.24, 2.45) is 0 Å². The van der Waals surface area contributed by atoms with Crippen LogP contribution in [0.3, 0.4) is 0 Å². The van der Waals surface area contributed by atoms with Crippen LogP contribution in [-0.4, -0.2) is 22.0 Å². The molecule has 1 heterocycles. The molecule has 2 amide bonds. The average Bonchev–Trinajstić information content (AvgIpc) is 3.01. The van der Waals surface area contributed by atoms with Gasteiger partial charge in [-0.1, -0.05) is 30.3 Å². The maximum atomic E-state index is 12.9. The lowest BCUT2D eigenvalue weighted by molar-refractivity contribution is -0.116. The Kier molecular flexibility index (Phi) is 6.12. The first-order valence-electron chi connectivity index (χ1n) is 9.63. The predicted molar refractivity (Wildman–Crippen MR) is 115 cm³/mol. The van der Waals surface area contributed by atoms with E-state index in [0.29, 0.717) is 17.7 Å². The molecule has 0 saturated carbocycles. The van der Waals surface area contributed by atoms with Crippen molar-refractivity contribution in [3.05, 3.63) is 76.1 Å². The summed E-state index contributed by atoms with van der Waals surface area (Å²) >= 11 is 0. The summed E-state index contributed by atoms with van der Waals surface area (Å²) in [4.78, 5) is 25.3. The number of anilines is 2. The molecule has 0 aliphatic carbocycles. The van der Waals surface area contributed by atoms with E-state index in [9.17, 15) is 9.59 Å². The number of rotatable bonds is 6. The Bertz CT molecular complexity index is 1030. The number of aromatic nitrogens is 2. The van der Waals surface area contributed by atoms with Crippen molar-refractivity contribution in [2.75, 3.05) is 10.6 Å². The number of nitrogens with one attached hydrogen (secondary N) is 3. The van der Waals surface area contributed by atoms with Crippen molar-refractivity contribution in [3.63, 3.8) is 0 Å². The first-order valence-corrected chi connectivity index (χ1v) is 9.63. The zero-order valence-electron chi connectivity index (χ0n) is 17.2. The third-order valence-electron chi connectivity index (χ3n) is 5.11. The minimum absolute atomic E-state index is 0.155. The van der Waals surface area contributed by atoms with Crippen LogP contribution in [0.25, 0.3) is 0 Å². The number of H-pyrrole nitrogens is 1. The van der Waals surface area contributed by atoms with Crippen molar-refractivity contribution in [2.45, 2.75) is 40.5 Å². The van der Waals surface area contributed by atoms with Crippen molar-refractivity contribution in [1.29, 1.82) is 0 Å². The van der Waals surface area contributed by atoms with Crippen LogP contribution in [0.5, 0.6) is 0 Å². The zero-order valence-corrected chi connectivity index (χ0v) is 17.2. The van der Waals surface area contributed by atoms with Crippen LogP contribution in [0, 0.1) is 27.7 Å². The lowest BCUT2D eigenvalue weighted by atomic mass is 10.1. The number of amides is 2. The number of carbonyl (C=O) groups excluding carboxylic acids is 2. The Morgan fingerprint density at radius 2 is 1.62 bits per heavy atom. The summed E-state index contributed by atoms with van der Waals surface area (Å²) in [7, 11) is 0. The van der Waals surface area contributed by atoms with Gasteiger partial charge in [0.05, 0.1) is 16.9 Å². The van der Waals surface area contributed by atoms with E-state index < -0.39 is 0 Å². The fourth-order valence-corrected chi connectivity index (χ4v) is 3.21.